The molecule has 0 aliphatic carbocycles. The zero-order valence-corrected chi connectivity index (χ0v) is 11.4. The molecule has 0 amide bonds. The van der Waals surface area contributed by atoms with Crippen molar-refractivity contribution in [3.05, 3.63) is 54.2 Å². The number of hydrazine groups is 1. The lowest BCUT2D eigenvalue weighted by Gasteiger charge is -2.30. The standard InChI is InChI=1S/C16H21N3/c1-14-7-12-19(17-14)13-18-10-8-16(9-11-18)15-5-3-2-4-6-15/h2-8,12,14,17H,9-11,13H2,1H3. The predicted molar refractivity (Wildman–Crippen MR) is 79.1 cm³/mol. The molecule has 1 N–H and O–H groups in total. The molecule has 0 saturated heterocycles. The Morgan fingerprint density at radius 1 is 1.26 bits per heavy atom. The Hall–Kier alpha value is -1.58. The summed E-state index contributed by atoms with van der Waals surface area (Å²) in [7, 11) is 0. The number of benzene rings is 1. The van der Waals surface area contributed by atoms with Crippen LogP contribution in [0, 0.1) is 0 Å². The van der Waals surface area contributed by atoms with Gasteiger partial charge in [-0.05, 0) is 30.6 Å². The zero-order chi connectivity index (χ0) is 13.1. The van der Waals surface area contributed by atoms with Crippen LogP contribution in [0.15, 0.2) is 48.7 Å². The van der Waals surface area contributed by atoms with Crippen LogP contribution in [0.2, 0.25) is 0 Å². The molecule has 100 valence electrons. The lowest BCUT2D eigenvalue weighted by molar-refractivity contribution is 0.146. The van der Waals surface area contributed by atoms with Gasteiger partial charge in [-0.15, -0.1) is 0 Å². The smallest absolute Gasteiger partial charge is 0.0859 e. The number of hydrogen-bond acceptors (Lipinski definition) is 3. The number of hydrogen-bond donors (Lipinski definition) is 1. The van der Waals surface area contributed by atoms with E-state index in [0.29, 0.717) is 6.04 Å². The van der Waals surface area contributed by atoms with Crippen LogP contribution >= 0.6 is 0 Å². The van der Waals surface area contributed by atoms with Crippen molar-refractivity contribution in [3.8, 4) is 0 Å². The second kappa shape index (κ2) is 5.59. The molecular weight excluding hydrogens is 234 g/mol. The van der Waals surface area contributed by atoms with Gasteiger partial charge >= 0.3 is 0 Å². The van der Waals surface area contributed by atoms with Gasteiger partial charge < -0.3 is 5.01 Å². The molecule has 0 radical (unpaired) electrons. The van der Waals surface area contributed by atoms with Crippen LogP contribution < -0.4 is 5.43 Å². The molecule has 0 bridgehead atoms. The van der Waals surface area contributed by atoms with Gasteiger partial charge in [0.25, 0.3) is 0 Å². The monoisotopic (exact) mass is 255 g/mol. The molecular formula is C16H21N3. The van der Waals surface area contributed by atoms with E-state index in [2.05, 4.69) is 70.9 Å². The topological polar surface area (TPSA) is 18.5 Å². The van der Waals surface area contributed by atoms with E-state index in [9.17, 15) is 0 Å². The quantitative estimate of drug-likeness (QED) is 0.895. The average Bonchev–Trinajstić information content (AvgIpc) is 2.86. The first-order chi connectivity index (χ1) is 9.31. The predicted octanol–water partition coefficient (Wildman–Crippen LogP) is 2.46. The Bertz CT molecular complexity index is 478. The summed E-state index contributed by atoms with van der Waals surface area (Å²) in [5.41, 5.74) is 6.26. The van der Waals surface area contributed by atoms with E-state index in [-0.39, 0.29) is 0 Å². The molecule has 2 aliphatic heterocycles. The highest BCUT2D eigenvalue weighted by atomic mass is 15.6. The molecule has 0 aromatic heterocycles. The Morgan fingerprint density at radius 2 is 2.11 bits per heavy atom. The van der Waals surface area contributed by atoms with Gasteiger partial charge in [0, 0.05) is 25.3 Å². The highest BCUT2D eigenvalue weighted by Crippen LogP contribution is 2.22. The van der Waals surface area contributed by atoms with Crippen molar-refractivity contribution in [2.24, 2.45) is 0 Å². The summed E-state index contributed by atoms with van der Waals surface area (Å²) in [4.78, 5) is 2.46. The fourth-order valence-corrected chi connectivity index (χ4v) is 2.64. The van der Waals surface area contributed by atoms with E-state index < -0.39 is 0 Å². The first kappa shape index (κ1) is 12.5. The first-order valence-electron chi connectivity index (χ1n) is 6.99. The Labute approximate surface area is 115 Å². The molecule has 2 aliphatic rings. The highest BCUT2D eigenvalue weighted by Gasteiger charge is 2.17. The van der Waals surface area contributed by atoms with Crippen LogP contribution in [0.1, 0.15) is 18.9 Å². The summed E-state index contributed by atoms with van der Waals surface area (Å²) in [6.45, 7) is 5.28. The summed E-state index contributed by atoms with van der Waals surface area (Å²) >= 11 is 0. The summed E-state index contributed by atoms with van der Waals surface area (Å²) in [6, 6.07) is 11.2. The molecule has 1 atom stereocenters. The average molecular weight is 255 g/mol. The molecule has 0 saturated carbocycles. The molecule has 2 heterocycles. The van der Waals surface area contributed by atoms with Gasteiger partial charge in [-0.2, -0.15) is 0 Å². The molecule has 3 rings (SSSR count). The second-order valence-corrected chi connectivity index (χ2v) is 5.29. The maximum atomic E-state index is 3.40. The highest BCUT2D eigenvalue weighted by molar-refractivity contribution is 5.66. The van der Waals surface area contributed by atoms with E-state index in [1.165, 1.54) is 11.1 Å². The SMILES string of the molecule is CC1C=CN(CN2CC=C(c3ccccc3)CC2)N1. The largest absolute Gasteiger partial charge is 0.301 e. The maximum Gasteiger partial charge on any atom is 0.0859 e. The van der Waals surface area contributed by atoms with Gasteiger partial charge in [0.1, 0.15) is 0 Å². The Morgan fingerprint density at radius 3 is 2.74 bits per heavy atom. The van der Waals surface area contributed by atoms with Crippen molar-refractivity contribution in [2.45, 2.75) is 19.4 Å². The number of nitrogens with one attached hydrogen (secondary N) is 1. The van der Waals surface area contributed by atoms with Gasteiger partial charge in [0.05, 0.1) is 6.67 Å². The van der Waals surface area contributed by atoms with Crippen molar-refractivity contribution < 1.29 is 0 Å². The van der Waals surface area contributed by atoms with E-state index in [0.717, 1.165) is 26.2 Å². The summed E-state index contributed by atoms with van der Waals surface area (Å²) < 4.78 is 0. The van der Waals surface area contributed by atoms with Gasteiger partial charge in [0.15, 0.2) is 0 Å². The van der Waals surface area contributed by atoms with Gasteiger partial charge in [-0.3, -0.25) is 4.90 Å². The Balaban J connectivity index is 1.57. The first-order valence-corrected chi connectivity index (χ1v) is 6.99. The van der Waals surface area contributed by atoms with Crippen molar-refractivity contribution in [1.29, 1.82) is 0 Å². The number of nitrogens with zero attached hydrogens (tertiary/aromatic N) is 2. The zero-order valence-electron chi connectivity index (χ0n) is 11.4. The van der Waals surface area contributed by atoms with Crippen molar-refractivity contribution in [1.82, 2.24) is 15.3 Å². The lowest BCUT2D eigenvalue weighted by atomic mass is 10.00. The Kier molecular flexibility index (Phi) is 3.67. The molecule has 3 nitrogen and oxygen atoms in total. The molecule has 0 fully saturated rings. The van der Waals surface area contributed by atoms with E-state index >= 15 is 0 Å². The lowest BCUT2D eigenvalue weighted by Crippen LogP contribution is -2.43. The third-order valence-corrected chi connectivity index (χ3v) is 3.71. The summed E-state index contributed by atoms with van der Waals surface area (Å²) in [6.07, 6.45) is 7.83. The van der Waals surface area contributed by atoms with Crippen molar-refractivity contribution in [3.63, 3.8) is 0 Å². The van der Waals surface area contributed by atoms with Crippen LogP contribution in [0.4, 0.5) is 0 Å². The van der Waals surface area contributed by atoms with Crippen molar-refractivity contribution in [2.75, 3.05) is 19.8 Å². The van der Waals surface area contributed by atoms with Crippen LogP contribution in [0.25, 0.3) is 5.57 Å². The van der Waals surface area contributed by atoms with Gasteiger partial charge in [0.2, 0.25) is 0 Å². The van der Waals surface area contributed by atoms with Crippen LogP contribution in [-0.4, -0.2) is 35.7 Å². The van der Waals surface area contributed by atoms with Crippen LogP contribution in [0.3, 0.4) is 0 Å². The molecule has 1 unspecified atom stereocenters. The number of rotatable bonds is 3. The molecule has 0 spiro atoms. The normalized spacial score (nSPS) is 23.7. The molecule has 19 heavy (non-hydrogen) atoms. The minimum Gasteiger partial charge on any atom is -0.301 e. The van der Waals surface area contributed by atoms with E-state index in [1.807, 2.05) is 0 Å². The van der Waals surface area contributed by atoms with E-state index in [4.69, 9.17) is 0 Å². The fourth-order valence-electron chi connectivity index (χ4n) is 2.64. The van der Waals surface area contributed by atoms with Gasteiger partial charge in [-0.1, -0.05) is 36.4 Å². The fraction of sp³-hybridized carbons (Fsp3) is 0.375. The maximum absolute atomic E-state index is 3.40. The minimum atomic E-state index is 0.459. The third kappa shape index (κ3) is 3.06. The van der Waals surface area contributed by atoms with Crippen LogP contribution in [0.5, 0.6) is 0 Å². The second-order valence-electron chi connectivity index (χ2n) is 5.29. The van der Waals surface area contributed by atoms with Crippen molar-refractivity contribution >= 4 is 5.57 Å². The molecule has 1 aromatic rings. The van der Waals surface area contributed by atoms with Gasteiger partial charge in [-0.25, -0.2) is 5.43 Å². The molecule has 1 aromatic carbocycles. The summed E-state index contributed by atoms with van der Waals surface area (Å²) in [5, 5.41) is 2.17. The molecule has 3 heteroatoms. The van der Waals surface area contributed by atoms with E-state index in [1.54, 1.807) is 0 Å². The summed E-state index contributed by atoms with van der Waals surface area (Å²) in [5.74, 6) is 0. The minimum absolute atomic E-state index is 0.459. The third-order valence-electron chi connectivity index (χ3n) is 3.71. The van der Waals surface area contributed by atoms with Crippen LogP contribution in [-0.2, 0) is 0 Å².